The fourth-order valence-corrected chi connectivity index (χ4v) is 2.53. The van der Waals surface area contributed by atoms with Gasteiger partial charge in [-0.1, -0.05) is 48.5 Å². The Morgan fingerprint density at radius 2 is 1.68 bits per heavy atom. The average molecular weight is 331 g/mol. The van der Waals surface area contributed by atoms with Crippen LogP contribution in [0, 0.1) is 0 Å². The Balaban J connectivity index is 1.51. The van der Waals surface area contributed by atoms with Gasteiger partial charge in [0, 0.05) is 5.56 Å². The molecule has 6 heteroatoms. The number of hydrogen-bond acceptors (Lipinski definition) is 5. The minimum atomic E-state index is 0.532. The van der Waals surface area contributed by atoms with E-state index in [-0.39, 0.29) is 0 Å². The van der Waals surface area contributed by atoms with E-state index in [0.29, 0.717) is 24.6 Å². The smallest absolute Gasteiger partial charge is 0.183 e. The summed E-state index contributed by atoms with van der Waals surface area (Å²) < 4.78 is 5.70. The molecule has 4 rings (SSSR count). The van der Waals surface area contributed by atoms with Crippen molar-refractivity contribution in [1.29, 1.82) is 0 Å². The van der Waals surface area contributed by atoms with Gasteiger partial charge < -0.3 is 15.0 Å². The van der Waals surface area contributed by atoms with Crippen molar-refractivity contribution in [3.8, 4) is 17.1 Å². The molecule has 0 unspecified atom stereocenters. The van der Waals surface area contributed by atoms with Crippen LogP contribution in [0.2, 0.25) is 0 Å². The number of nitrogens with zero attached hydrogens (tertiary/aromatic N) is 3. The lowest BCUT2D eigenvalue weighted by Gasteiger charge is -2.10. The molecule has 2 heterocycles. The minimum absolute atomic E-state index is 0.532. The molecule has 2 N–H and O–H groups in total. The summed E-state index contributed by atoms with van der Waals surface area (Å²) in [5.41, 5.74) is 2.38. The van der Waals surface area contributed by atoms with Gasteiger partial charge in [-0.25, -0.2) is 15.0 Å². The predicted octanol–water partition coefficient (Wildman–Crippen LogP) is 3.51. The highest BCUT2D eigenvalue weighted by Gasteiger charge is 2.11. The van der Waals surface area contributed by atoms with Crippen LogP contribution in [0.3, 0.4) is 0 Å². The van der Waals surface area contributed by atoms with Crippen LogP contribution in [-0.2, 0) is 0 Å². The molecule has 4 aromatic rings. The SMILES string of the molecule is c1ccc(OCCNc2nc(-c3ccccc3)nc3nc[nH]c23)cc1. The maximum absolute atomic E-state index is 5.70. The maximum Gasteiger partial charge on any atom is 0.183 e. The number of para-hydroxylation sites is 1. The highest BCUT2D eigenvalue weighted by atomic mass is 16.5. The fraction of sp³-hybridized carbons (Fsp3) is 0.105. The molecule has 6 nitrogen and oxygen atoms in total. The molecule has 124 valence electrons. The summed E-state index contributed by atoms with van der Waals surface area (Å²) in [6.45, 7) is 1.15. The lowest BCUT2D eigenvalue weighted by Crippen LogP contribution is -2.13. The second-order valence-corrected chi connectivity index (χ2v) is 5.45. The maximum atomic E-state index is 5.70. The van der Waals surface area contributed by atoms with Gasteiger partial charge in [0.25, 0.3) is 0 Å². The van der Waals surface area contributed by atoms with E-state index in [4.69, 9.17) is 4.74 Å². The first-order chi connectivity index (χ1) is 12.4. The van der Waals surface area contributed by atoms with E-state index in [0.717, 1.165) is 22.6 Å². The number of nitrogens with one attached hydrogen (secondary N) is 2. The molecule has 2 aromatic carbocycles. The molecule has 25 heavy (non-hydrogen) atoms. The van der Waals surface area contributed by atoms with E-state index >= 15 is 0 Å². The van der Waals surface area contributed by atoms with Gasteiger partial charge in [-0.15, -0.1) is 0 Å². The Bertz CT molecular complexity index is 953. The predicted molar refractivity (Wildman–Crippen MR) is 97.5 cm³/mol. The van der Waals surface area contributed by atoms with E-state index in [1.807, 2.05) is 60.7 Å². The summed E-state index contributed by atoms with van der Waals surface area (Å²) in [7, 11) is 0. The Kier molecular flexibility index (Phi) is 4.24. The zero-order chi connectivity index (χ0) is 16.9. The highest BCUT2D eigenvalue weighted by molar-refractivity contribution is 5.84. The number of anilines is 1. The summed E-state index contributed by atoms with van der Waals surface area (Å²) in [5, 5.41) is 3.31. The molecule has 0 saturated carbocycles. The van der Waals surface area contributed by atoms with E-state index in [1.54, 1.807) is 6.33 Å². The molecule has 0 aliphatic heterocycles. The standard InChI is InChI=1S/C19H17N5O/c1-3-7-14(8-4-1)17-23-18(16-19(24-17)22-13-21-16)20-11-12-25-15-9-5-2-6-10-15/h1-10,13H,11-12H2,(H2,20,21,22,23,24). The number of hydrogen-bond donors (Lipinski definition) is 2. The van der Waals surface area contributed by atoms with Gasteiger partial charge in [-0.05, 0) is 12.1 Å². The molecule has 0 saturated heterocycles. The summed E-state index contributed by atoms with van der Waals surface area (Å²) in [6, 6.07) is 19.6. The molecule has 0 fully saturated rings. The zero-order valence-corrected chi connectivity index (χ0v) is 13.5. The monoisotopic (exact) mass is 331 g/mol. The topological polar surface area (TPSA) is 75.7 Å². The van der Waals surface area contributed by atoms with Crippen molar-refractivity contribution in [3.05, 3.63) is 67.0 Å². The zero-order valence-electron chi connectivity index (χ0n) is 13.5. The third-order valence-electron chi connectivity index (χ3n) is 3.72. The van der Waals surface area contributed by atoms with Gasteiger partial charge in [0.05, 0.1) is 12.9 Å². The lowest BCUT2D eigenvalue weighted by atomic mass is 10.2. The van der Waals surface area contributed by atoms with Crippen molar-refractivity contribution < 1.29 is 4.74 Å². The van der Waals surface area contributed by atoms with Crippen molar-refractivity contribution in [2.45, 2.75) is 0 Å². The van der Waals surface area contributed by atoms with Gasteiger partial charge in [-0.3, -0.25) is 0 Å². The number of fused-ring (bicyclic) bond motifs is 1. The summed E-state index contributed by atoms with van der Waals surface area (Å²) in [5.74, 6) is 2.22. The van der Waals surface area contributed by atoms with Gasteiger partial charge >= 0.3 is 0 Å². The van der Waals surface area contributed by atoms with Crippen molar-refractivity contribution in [1.82, 2.24) is 19.9 Å². The molecule has 0 aliphatic carbocycles. The van der Waals surface area contributed by atoms with E-state index in [2.05, 4.69) is 25.3 Å². The van der Waals surface area contributed by atoms with Crippen molar-refractivity contribution in [2.24, 2.45) is 0 Å². The summed E-state index contributed by atoms with van der Waals surface area (Å²) in [4.78, 5) is 16.5. The second-order valence-electron chi connectivity index (χ2n) is 5.45. The number of H-pyrrole nitrogens is 1. The van der Waals surface area contributed by atoms with Crippen LogP contribution < -0.4 is 10.1 Å². The fourth-order valence-electron chi connectivity index (χ4n) is 2.53. The molecule has 0 atom stereocenters. The molecular formula is C19H17N5O. The molecule has 0 amide bonds. The number of ether oxygens (including phenoxy) is 1. The summed E-state index contributed by atoms with van der Waals surface area (Å²) in [6.07, 6.45) is 1.62. The first-order valence-electron chi connectivity index (χ1n) is 8.08. The van der Waals surface area contributed by atoms with Gasteiger partial charge in [0.15, 0.2) is 17.3 Å². The normalized spacial score (nSPS) is 10.7. The van der Waals surface area contributed by atoms with Crippen LogP contribution in [-0.4, -0.2) is 33.1 Å². The minimum Gasteiger partial charge on any atom is -0.492 e. The van der Waals surface area contributed by atoms with E-state index < -0.39 is 0 Å². The van der Waals surface area contributed by atoms with Crippen LogP contribution in [0.15, 0.2) is 67.0 Å². The first kappa shape index (κ1) is 15.1. The molecule has 0 spiro atoms. The van der Waals surface area contributed by atoms with Gasteiger partial charge in [0.2, 0.25) is 0 Å². The number of benzene rings is 2. The Morgan fingerprint density at radius 3 is 2.48 bits per heavy atom. The molecule has 2 aromatic heterocycles. The second kappa shape index (κ2) is 7.00. The van der Waals surface area contributed by atoms with Crippen molar-refractivity contribution >= 4 is 17.0 Å². The summed E-state index contributed by atoms with van der Waals surface area (Å²) >= 11 is 0. The number of rotatable bonds is 6. The van der Waals surface area contributed by atoms with Crippen molar-refractivity contribution in [3.63, 3.8) is 0 Å². The van der Waals surface area contributed by atoms with Crippen LogP contribution in [0.5, 0.6) is 5.75 Å². The number of imidazole rings is 1. The highest BCUT2D eigenvalue weighted by Crippen LogP contribution is 2.22. The van der Waals surface area contributed by atoms with E-state index in [1.165, 1.54) is 0 Å². The quantitative estimate of drug-likeness (QED) is 0.529. The third-order valence-corrected chi connectivity index (χ3v) is 3.72. The van der Waals surface area contributed by atoms with Crippen molar-refractivity contribution in [2.75, 3.05) is 18.5 Å². The van der Waals surface area contributed by atoms with E-state index in [9.17, 15) is 0 Å². The number of aromatic nitrogens is 4. The molecule has 0 bridgehead atoms. The van der Waals surface area contributed by atoms with Gasteiger partial charge in [0.1, 0.15) is 17.9 Å². The van der Waals surface area contributed by atoms with Crippen LogP contribution in [0.1, 0.15) is 0 Å². The van der Waals surface area contributed by atoms with Crippen LogP contribution in [0.25, 0.3) is 22.6 Å². The van der Waals surface area contributed by atoms with Crippen LogP contribution >= 0.6 is 0 Å². The molecule has 0 radical (unpaired) electrons. The number of aromatic amines is 1. The first-order valence-corrected chi connectivity index (χ1v) is 8.08. The molecular weight excluding hydrogens is 314 g/mol. The average Bonchev–Trinajstić information content (AvgIpc) is 3.15. The third kappa shape index (κ3) is 3.42. The Morgan fingerprint density at radius 1 is 0.920 bits per heavy atom. The Labute approximate surface area is 144 Å². The van der Waals surface area contributed by atoms with Crippen LogP contribution in [0.4, 0.5) is 5.82 Å². The largest absolute Gasteiger partial charge is 0.492 e. The molecule has 0 aliphatic rings. The lowest BCUT2D eigenvalue weighted by molar-refractivity contribution is 0.333. The van der Waals surface area contributed by atoms with Gasteiger partial charge in [-0.2, -0.15) is 0 Å². The Hall–Kier alpha value is -3.41.